The molecule has 0 saturated carbocycles. The number of hydrogen-bond donors (Lipinski definition) is 3. The van der Waals surface area contributed by atoms with Crippen LogP contribution >= 0.6 is 0 Å². The SMILES string of the molecule is COc1cc(NC(=O)[C@H](N)CC(C)C)ccc1C(=O)O. The van der Waals surface area contributed by atoms with Crippen LogP contribution in [0.2, 0.25) is 0 Å². The van der Waals surface area contributed by atoms with Crippen molar-refractivity contribution in [2.24, 2.45) is 11.7 Å². The van der Waals surface area contributed by atoms with E-state index in [0.717, 1.165) is 0 Å². The highest BCUT2D eigenvalue weighted by molar-refractivity contribution is 5.96. The second kappa shape index (κ2) is 6.91. The minimum atomic E-state index is -1.09. The zero-order valence-electron chi connectivity index (χ0n) is 11.8. The van der Waals surface area contributed by atoms with E-state index in [2.05, 4.69) is 5.32 Å². The molecule has 0 aliphatic carbocycles. The number of rotatable bonds is 6. The fourth-order valence-corrected chi connectivity index (χ4v) is 1.80. The molecule has 1 aromatic carbocycles. The van der Waals surface area contributed by atoms with Gasteiger partial charge in [-0.3, -0.25) is 4.79 Å². The Bertz CT molecular complexity index is 500. The van der Waals surface area contributed by atoms with Gasteiger partial charge in [0.25, 0.3) is 0 Å². The number of methoxy groups -OCH3 is 1. The Labute approximate surface area is 117 Å². The van der Waals surface area contributed by atoms with Crippen LogP contribution in [0.15, 0.2) is 18.2 Å². The molecular formula is C14H20N2O4. The van der Waals surface area contributed by atoms with Crippen LogP contribution in [0.3, 0.4) is 0 Å². The molecule has 6 heteroatoms. The van der Waals surface area contributed by atoms with Crippen molar-refractivity contribution in [2.45, 2.75) is 26.3 Å². The highest BCUT2D eigenvalue weighted by Crippen LogP contribution is 2.23. The highest BCUT2D eigenvalue weighted by Gasteiger charge is 2.17. The predicted octanol–water partition coefficient (Wildman–Crippen LogP) is 1.71. The van der Waals surface area contributed by atoms with Gasteiger partial charge in [-0.1, -0.05) is 13.8 Å². The maximum atomic E-state index is 11.9. The van der Waals surface area contributed by atoms with Gasteiger partial charge in [-0.15, -0.1) is 0 Å². The number of nitrogens with one attached hydrogen (secondary N) is 1. The summed E-state index contributed by atoms with van der Waals surface area (Å²) >= 11 is 0. The van der Waals surface area contributed by atoms with Gasteiger partial charge >= 0.3 is 5.97 Å². The molecule has 1 atom stereocenters. The van der Waals surface area contributed by atoms with Gasteiger partial charge in [-0.25, -0.2) is 4.79 Å². The summed E-state index contributed by atoms with van der Waals surface area (Å²) in [5.41, 5.74) is 6.27. The number of carbonyl (C=O) groups is 2. The molecule has 0 aliphatic heterocycles. The number of carboxylic acids is 1. The van der Waals surface area contributed by atoms with Crippen LogP contribution in [0.4, 0.5) is 5.69 Å². The lowest BCUT2D eigenvalue weighted by atomic mass is 10.0. The summed E-state index contributed by atoms with van der Waals surface area (Å²) in [6.07, 6.45) is 0.580. The van der Waals surface area contributed by atoms with Gasteiger partial charge in [0.1, 0.15) is 11.3 Å². The number of hydrogen-bond acceptors (Lipinski definition) is 4. The standard InChI is InChI=1S/C14H20N2O4/c1-8(2)6-11(15)13(17)16-9-4-5-10(14(18)19)12(7-9)20-3/h4-5,7-8,11H,6,15H2,1-3H3,(H,16,17)(H,18,19)/t11-/m1/s1. The molecule has 0 fully saturated rings. The molecule has 1 rings (SSSR count). The van der Waals surface area contributed by atoms with Crippen molar-refractivity contribution in [1.82, 2.24) is 0 Å². The van der Waals surface area contributed by atoms with Crippen molar-refractivity contribution in [3.63, 3.8) is 0 Å². The summed E-state index contributed by atoms with van der Waals surface area (Å²) < 4.78 is 4.99. The number of aromatic carboxylic acids is 1. The van der Waals surface area contributed by atoms with Crippen molar-refractivity contribution in [1.29, 1.82) is 0 Å². The molecule has 0 aliphatic rings. The van der Waals surface area contributed by atoms with Crippen molar-refractivity contribution < 1.29 is 19.4 Å². The maximum absolute atomic E-state index is 11.9. The molecule has 0 bridgehead atoms. The lowest BCUT2D eigenvalue weighted by Crippen LogP contribution is -2.36. The Kier molecular flexibility index (Phi) is 5.52. The smallest absolute Gasteiger partial charge is 0.339 e. The van der Waals surface area contributed by atoms with Gasteiger partial charge in [-0.05, 0) is 24.5 Å². The molecule has 110 valence electrons. The number of anilines is 1. The molecule has 1 aromatic rings. The molecule has 20 heavy (non-hydrogen) atoms. The Morgan fingerprint density at radius 3 is 2.55 bits per heavy atom. The van der Waals surface area contributed by atoms with Crippen LogP contribution < -0.4 is 15.8 Å². The minimum absolute atomic E-state index is 0.0389. The van der Waals surface area contributed by atoms with Gasteiger partial charge in [0.05, 0.1) is 13.2 Å². The first-order chi connectivity index (χ1) is 9.35. The first-order valence-electron chi connectivity index (χ1n) is 6.33. The first-order valence-corrected chi connectivity index (χ1v) is 6.33. The van der Waals surface area contributed by atoms with Crippen LogP contribution in [0.5, 0.6) is 5.75 Å². The van der Waals surface area contributed by atoms with Crippen LogP contribution in [-0.4, -0.2) is 30.1 Å². The molecule has 4 N–H and O–H groups in total. The van der Waals surface area contributed by atoms with Gasteiger partial charge < -0.3 is 20.9 Å². The van der Waals surface area contributed by atoms with Gasteiger partial charge in [0.2, 0.25) is 5.91 Å². The summed E-state index contributed by atoms with van der Waals surface area (Å²) in [6, 6.07) is 3.75. The summed E-state index contributed by atoms with van der Waals surface area (Å²) in [7, 11) is 1.37. The molecule has 0 aromatic heterocycles. The maximum Gasteiger partial charge on any atom is 0.339 e. The normalized spacial score (nSPS) is 12.1. The molecule has 0 unspecified atom stereocenters. The van der Waals surface area contributed by atoms with E-state index in [1.165, 1.54) is 25.3 Å². The molecule has 0 radical (unpaired) electrons. The van der Waals surface area contributed by atoms with E-state index < -0.39 is 12.0 Å². The quantitative estimate of drug-likeness (QED) is 0.736. The van der Waals surface area contributed by atoms with Gasteiger partial charge in [0, 0.05) is 11.8 Å². The molecule has 1 amide bonds. The summed E-state index contributed by atoms with van der Waals surface area (Å²) in [6.45, 7) is 3.97. The van der Waals surface area contributed by atoms with E-state index in [0.29, 0.717) is 18.0 Å². The molecule has 0 saturated heterocycles. The number of amides is 1. The lowest BCUT2D eigenvalue weighted by Gasteiger charge is -2.15. The predicted molar refractivity (Wildman–Crippen MR) is 76.0 cm³/mol. The number of nitrogens with two attached hydrogens (primary N) is 1. The van der Waals surface area contributed by atoms with Crippen LogP contribution in [0.25, 0.3) is 0 Å². The van der Waals surface area contributed by atoms with E-state index in [-0.39, 0.29) is 17.2 Å². The number of benzene rings is 1. The summed E-state index contributed by atoms with van der Waals surface area (Å²) in [5, 5.41) is 11.6. The third-order valence-electron chi connectivity index (χ3n) is 2.76. The van der Waals surface area contributed by atoms with E-state index in [1.54, 1.807) is 0 Å². The average Bonchev–Trinajstić information content (AvgIpc) is 2.37. The number of carboxylic acid groups (broad SMARTS) is 1. The van der Waals surface area contributed by atoms with Crippen molar-refractivity contribution in [3.05, 3.63) is 23.8 Å². The van der Waals surface area contributed by atoms with Crippen LogP contribution in [0, 0.1) is 5.92 Å². The van der Waals surface area contributed by atoms with Gasteiger partial charge in [0.15, 0.2) is 0 Å². The summed E-state index contributed by atoms with van der Waals surface area (Å²) in [4.78, 5) is 22.8. The van der Waals surface area contributed by atoms with Crippen LogP contribution in [0.1, 0.15) is 30.6 Å². The minimum Gasteiger partial charge on any atom is -0.496 e. The van der Waals surface area contributed by atoms with Crippen molar-refractivity contribution in [2.75, 3.05) is 12.4 Å². The zero-order valence-corrected chi connectivity index (χ0v) is 11.8. The van der Waals surface area contributed by atoms with Crippen molar-refractivity contribution in [3.8, 4) is 5.75 Å². The Hall–Kier alpha value is -2.08. The van der Waals surface area contributed by atoms with Crippen molar-refractivity contribution >= 4 is 17.6 Å². The molecule has 0 heterocycles. The fraction of sp³-hybridized carbons (Fsp3) is 0.429. The number of ether oxygens (including phenoxy) is 1. The second-order valence-corrected chi connectivity index (χ2v) is 4.95. The zero-order chi connectivity index (χ0) is 15.3. The van der Waals surface area contributed by atoms with E-state index >= 15 is 0 Å². The number of carbonyl (C=O) groups excluding carboxylic acids is 1. The van der Waals surface area contributed by atoms with E-state index in [1.807, 2.05) is 13.8 Å². The first kappa shape index (κ1) is 16.0. The Morgan fingerprint density at radius 1 is 1.40 bits per heavy atom. The third-order valence-corrected chi connectivity index (χ3v) is 2.76. The fourth-order valence-electron chi connectivity index (χ4n) is 1.80. The third kappa shape index (κ3) is 4.24. The van der Waals surface area contributed by atoms with E-state index in [9.17, 15) is 9.59 Å². The average molecular weight is 280 g/mol. The highest BCUT2D eigenvalue weighted by atomic mass is 16.5. The monoisotopic (exact) mass is 280 g/mol. The Morgan fingerprint density at radius 2 is 2.05 bits per heavy atom. The second-order valence-electron chi connectivity index (χ2n) is 4.95. The molecule has 0 spiro atoms. The molecular weight excluding hydrogens is 260 g/mol. The lowest BCUT2D eigenvalue weighted by molar-refractivity contribution is -0.117. The van der Waals surface area contributed by atoms with Gasteiger partial charge in [-0.2, -0.15) is 0 Å². The Balaban J connectivity index is 2.83. The summed E-state index contributed by atoms with van der Waals surface area (Å²) in [5.74, 6) is -0.882. The largest absolute Gasteiger partial charge is 0.496 e. The van der Waals surface area contributed by atoms with Crippen LogP contribution in [-0.2, 0) is 4.79 Å². The van der Waals surface area contributed by atoms with E-state index in [4.69, 9.17) is 15.6 Å². The topological polar surface area (TPSA) is 102 Å². The molecule has 6 nitrogen and oxygen atoms in total.